The van der Waals surface area contributed by atoms with Gasteiger partial charge in [-0.2, -0.15) is 0 Å². The third-order valence-corrected chi connectivity index (χ3v) is 4.26. The minimum Gasteiger partial charge on any atom is -0.497 e. The molecule has 2 rings (SSSR count). The molecule has 2 aromatic rings. The second-order valence-corrected chi connectivity index (χ2v) is 6.31. The Morgan fingerprint density at radius 1 is 1.12 bits per heavy atom. The Morgan fingerprint density at radius 3 is 2.46 bits per heavy atom. The van der Waals surface area contributed by atoms with E-state index >= 15 is 0 Å². The predicted molar refractivity (Wildman–Crippen MR) is 103 cm³/mol. The minimum absolute atomic E-state index is 0.0180. The van der Waals surface area contributed by atoms with Gasteiger partial charge < -0.3 is 15.0 Å². The molecule has 1 N–H and O–H groups in total. The van der Waals surface area contributed by atoms with E-state index in [0.717, 1.165) is 17.7 Å². The maximum Gasteiger partial charge on any atom is 0.251 e. The van der Waals surface area contributed by atoms with Gasteiger partial charge >= 0.3 is 0 Å². The number of amides is 2. The molecule has 138 valence electrons. The maximum absolute atomic E-state index is 12.1. The Bertz CT molecular complexity index is 747. The van der Waals surface area contributed by atoms with Crippen LogP contribution >= 0.6 is 11.6 Å². The number of halogens is 1. The van der Waals surface area contributed by atoms with Gasteiger partial charge in [0, 0.05) is 37.1 Å². The molecule has 0 fully saturated rings. The molecule has 5 nitrogen and oxygen atoms in total. The van der Waals surface area contributed by atoms with Crippen LogP contribution in [0.15, 0.2) is 48.5 Å². The topological polar surface area (TPSA) is 58.6 Å². The number of carbonyl (C=O) groups excluding carboxylic acids is 2. The molecule has 0 atom stereocenters. The highest BCUT2D eigenvalue weighted by molar-refractivity contribution is 6.30. The maximum atomic E-state index is 12.1. The summed E-state index contributed by atoms with van der Waals surface area (Å²) in [6.45, 7) is 2.97. The zero-order chi connectivity index (χ0) is 18.9. The van der Waals surface area contributed by atoms with Gasteiger partial charge in [-0.05, 0) is 42.3 Å². The van der Waals surface area contributed by atoms with Crippen LogP contribution in [0, 0.1) is 0 Å². The fourth-order valence-corrected chi connectivity index (χ4v) is 2.71. The summed E-state index contributed by atoms with van der Waals surface area (Å²) in [6, 6.07) is 14.5. The SMILES string of the molecule is COc1ccc(CCN(CCNC(=O)c2cccc(Cl)c2)C(C)=O)cc1. The van der Waals surface area contributed by atoms with Crippen LogP contribution < -0.4 is 10.1 Å². The second-order valence-electron chi connectivity index (χ2n) is 5.87. The summed E-state index contributed by atoms with van der Waals surface area (Å²) in [6.07, 6.45) is 0.742. The van der Waals surface area contributed by atoms with Crippen molar-refractivity contribution in [2.24, 2.45) is 0 Å². The molecular formula is C20H23ClN2O3. The number of hydrogen-bond acceptors (Lipinski definition) is 3. The van der Waals surface area contributed by atoms with Crippen molar-refractivity contribution in [1.82, 2.24) is 10.2 Å². The van der Waals surface area contributed by atoms with Crippen LogP contribution in [0.25, 0.3) is 0 Å². The van der Waals surface area contributed by atoms with Crippen LogP contribution in [0.1, 0.15) is 22.8 Å². The number of nitrogens with zero attached hydrogens (tertiary/aromatic N) is 1. The second kappa shape index (κ2) is 9.82. The predicted octanol–water partition coefficient (Wildman–Crippen LogP) is 3.17. The Hall–Kier alpha value is -2.53. The van der Waals surface area contributed by atoms with Gasteiger partial charge in [-0.1, -0.05) is 29.8 Å². The van der Waals surface area contributed by atoms with Crippen LogP contribution in [0.3, 0.4) is 0 Å². The third kappa shape index (κ3) is 6.08. The molecule has 0 aliphatic heterocycles. The van der Waals surface area contributed by atoms with Gasteiger partial charge in [0.05, 0.1) is 7.11 Å². The molecule has 0 aliphatic carbocycles. The summed E-state index contributed by atoms with van der Waals surface area (Å²) in [7, 11) is 1.63. The quantitative estimate of drug-likeness (QED) is 0.772. The van der Waals surface area contributed by atoms with Gasteiger partial charge in [0.25, 0.3) is 5.91 Å². The van der Waals surface area contributed by atoms with Crippen LogP contribution in [0.5, 0.6) is 5.75 Å². The highest BCUT2D eigenvalue weighted by atomic mass is 35.5. The first-order valence-electron chi connectivity index (χ1n) is 8.42. The molecule has 26 heavy (non-hydrogen) atoms. The van der Waals surface area contributed by atoms with E-state index in [-0.39, 0.29) is 11.8 Å². The van der Waals surface area contributed by atoms with Gasteiger partial charge in [-0.15, -0.1) is 0 Å². The minimum atomic E-state index is -0.203. The normalized spacial score (nSPS) is 10.3. The summed E-state index contributed by atoms with van der Waals surface area (Å²) in [4.78, 5) is 25.7. The average molecular weight is 375 g/mol. The number of nitrogens with one attached hydrogen (secondary N) is 1. The Labute approximate surface area is 158 Å². The molecule has 0 unspecified atom stereocenters. The van der Waals surface area contributed by atoms with Crippen LogP contribution in [-0.2, 0) is 11.2 Å². The van der Waals surface area contributed by atoms with Crippen molar-refractivity contribution >= 4 is 23.4 Å². The van der Waals surface area contributed by atoms with E-state index in [1.807, 2.05) is 24.3 Å². The zero-order valence-electron chi connectivity index (χ0n) is 15.0. The summed E-state index contributed by atoms with van der Waals surface area (Å²) >= 11 is 5.89. The van der Waals surface area contributed by atoms with Gasteiger partial charge in [0.1, 0.15) is 5.75 Å². The Balaban J connectivity index is 1.82. The summed E-state index contributed by atoms with van der Waals surface area (Å²) in [5.41, 5.74) is 1.63. The largest absolute Gasteiger partial charge is 0.497 e. The lowest BCUT2D eigenvalue weighted by Gasteiger charge is -2.21. The van der Waals surface area contributed by atoms with Crippen LogP contribution in [0.4, 0.5) is 0 Å². The molecule has 2 amide bonds. The van der Waals surface area contributed by atoms with E-state index in [1.165, 1.54) is 6.92 Å². The highest BCUT2D eigenvalue weighted by Gasteiger charge is 2.10. The smallest absolute Gasteiger partial charge is 0.251 e. The first-order chi connectivity index (χ1) is 12.5. The molecule has 0 spiro atoms. The number of methoxy groups -OCH3 is 1. The van der Waals surface area contributed by atoms with Crippen molar-refractivity contribution in [2.75, 3.05) is 26.7 Å². The Kier molecular flexibility index (Phi) is 7.48. The molecule has 0 saturated carbocycles. The lowest BCUT2D eigenvalue weighted by molar-refractivity contribution is -0.128. The average Bonchev–Trinajstić information content (AvgIpc) is 2.64. The van der Waals surface area contributed by atoms with E-state index in [4.69, 9.17) is 16.3 Å². The van der Waals surface area contributed by atoms with Gasteiger partial charge in [0.15, 0.2) is 0 Å². The monoisotopic (exact) mass is 374 g/mol. The lowest BCUT2D eigenvalue weighted by Crippen LogP contribution is -2.38. The zero-order valence-corrected chi connectivity index (χ0v) is 15.8. The number of carbonyl (C=O) groups is 2. The summed E-state index contributed by atoms with van der Waals surface area (Å²) < 4.78 is 5.14. The van der Waals surface area contributed by atoms with E-state index in [9.17, 15) is 9.59 Å². The molecule has 0 radical (unpaired) electrons. The van der Waals surface area contributed by atoms with E-state index in [1.54, 1.807) is 36.3 Å². The number of hydrogen-bond donors (Lipinski definition) is 1. The molecule has 0 saturated heterocycles. The third-order valence-electron chi connectivity index (χ3n) is 4.03. The number of rotatable bonds is 8. The Morgan fingerprint density at radius 2 is 1.85 bits per heavy atom. The van der Waals surface area contributed by atoms with Crippen LogP contribution in [0.2, 0.25) is 5.02 Å². The summed E-state index contributed by atoms with van der Waals surface area (Å²) in [5.74, 6) is 0.586. The number of ether oxygens (including phenoxy) is 1. The highest BCUT2D eigenvalue weighted by Crippen LogP contribution is 2.12. The van der Waals surface area contributed by atoms with Crippen molar-refractivity contribution in [3.05, 3.63) is 64.7 Å². The first kappa shape index (κ1) is 19.8. The van der Waals surface area contributed by atoms with Crippen LogP contribution in [-0.4, -0.2) is 43.5 Å². The molecule has 0 bridgehead atoms. The van der Waals surface area contributed by atoms with E-state index < -0.39 is 0 Å². The van der Waals surface area contributed by atoms with Crippen molar-refractivity contribution in [3.8, 4) is 5.75 Å². The van der Waals surface area contributed by atoms with Crippen molar-refractivity contribution < 1.29 is 14.3 Å². The fourth-order valence-electron chi connectivity index (χ4n) is 2.52. The fraction of sp³-hybridized carbons (Fsp3) is 0.300. The molecule has 0 aromatic heterocycles. The van der Waals surface area contributed by atoms with Gasteiger partial charge in [-0.3, -0.25) is 9.59 Å². The van der Waals surface area contributed by atoms with Crippen molar-refractivity contribution in [1.29, 1.82) is 0 Å². The standard InChI is InChI=1S/C20H23ClN2O3/c1-15(24)23(12-10-16-6-8-19(26-2)9-7-16)13-11-22-20(25)17-4-3-5-18(21)14-17/h3-9,14H,10-13H2,1-2H3,(H,22,25). The van der Waals surface area contributed by atoms with Gasteiger partial charge in [-0.25, -0.2) is 0 Å². The van der Waals surface area contributed by atoms with Gasteiger partial charge in [0.2, 0.25) is 5.91 Å². The van der Waals surface area contributed by atoms with Crippen molar-refractivity contribution in [3.63, 3.8) is 0 Å². The van der Waals surface area contributed by atoms with E-state index in [2.05, 4.69) is 5.32 Å². The lowest BCUT2D eigenvalue weighted by atomic mass is 10.1. The molecule has 0 aliphatic rings. The summed E-state index contributed by atoms with van der Waals surface area (Å²) in [5, 5.41) is 3.33. The molecule has 0 heterocycles. The van der Waals surface area contributed by atoms with E-state index in [0.29, 0.717) is 30.2 Å². The van der Waals surface area contributed by atoms with Crippen molar-refractivity contribution in [2.45, 2.75) is 13.3 Å². The number of benzene rings is 2. The molecule has 6 heteroatoms. The molecular weight excluding hydrogens is 352 g/mol. The molecule has 2 aromatic carbocycles. The first-order valence-corrected chi connectivity index (χ1v) is 8.79.